The van der Waals surface area contributed by atoms with Gasteiger partial charge in [0, 0.05) is 16.7 Å². The van der Waals surface area contributed by atoms with E-state index in [-0.39, 0.29) is 0 Å². The van der Waals surface area contributed by atoms with Gasteiger partial charge < -0.3 is 14.2 Å². The molecule has 0 aliphatic heterocycles. The molecule has 0 saturated heterocycles. The molecule has 6 heteroatoms. The van der Waals surface area contributed by atoms with E-state index in [1.807, 2.05) is 146 Å². The van der Waals surface area contributed by atoms with Gasteiger partial charge in [0.25, 0.3) is 0 Å². The third kappa shape index (κ3) is 6.28. The molecule has 0 fully saturated rings. The first-order chi connectivity index (χ1) is 26.5. The molecule has 0 radical (unpaired) electrons. The first-order valence-corrected chi connectivity index (χ1v) is 17.2. The van der Waals surface area contributed by atoms with Gasteiger partial charge in [0.05, 0.1) is 56.2 Å². The van der Waals surface area contributed by atoms with Crippen LogP contribution in [0.4, 0.5) is 0 Å². The van der Waals surface area contributed by atoms with Crippen molar-refractivity contribution in [1.29, 1.82) is 15.8 Å². The Morgan fingerprint density at radius 2 is 0.556 bits per heavy atom. The van der Waals surface area contributed by atoms with Crippen LogP contribution in [0.15, 0.2) is 146 Å². The predicted octanol–water partition coefficient (Wildman–Crippen LogP) is 11.3. The summed E-state index contributed by atoms with van der Waals surface area (Å²) in [5.41, 5.74) is 10.7. The van der Waals surface area contributed by atoms with Gasteiger partial charge in [-0.05, 0) is 105 Å². The number of hydrogen-bond donors (Lipinski definition) is 0. The number of benzene rings is 7. The summed E-state index contributed by atoms with van der Waals surface area (Å²) < 4.78 is 16.8. The minimum Gasteiger partial charge on any atom is -0.497 e. The zero-order valence-corrected chi connectivity index (χ0v) is 29.9. The largest absolute Gasteiger partial charge is 0.497 e. The lowest BCUT2D eigenvalue weighted by atomic mass is 9.72. The fourth-order valence-corrected chi connectivity index (χ4v) is 7.09. The van der Waals surface area contributed by atoms with Crippen LogP contribution < -0.4 is 14.2 Å². The van der Waals surface area contributed by atoms with E-state index in [2.05, 4.69) is 18.2 Å². The molecule has 0 saturated carbocycles. The average Bonchev–Trinajstić information content (AvgIpc) is 3.25. The Hall–Kier alpha value is -7.59. The van der Waals surface area contributed by atoms with Gasteiger partial charge >= 0.3 is 0 Å². The quantitative estimate of drug-likeness (QED) is 0.149. The topological polar surface area (TPSA) is 99.1 Å². The molecular formula is C48H33N3O3. The highest BCUT2D eigenvalue weighted by Crippen LogP contribution is 2.57. The molecule has 7 rings (SSSR count). The summed E-state index contributed by atoms with van der Waals surface area (Å²) in [5.74, 6) is 2.05. The normalized spacial score (nSPS) is 10.4. The molecule has 0 aromatic heterocycles. The van der Waals surface area contributed by atoms with E-state index in [1.165, 1.54) is 0 Å². The smallest absolute Gasteiger partial charge is 0.118 e. The van der Waals surface area contributed by atoms with Gasteiger partial charge in [0.15, 0.2) is 0 Å². The molecule has 0 heterocycles. The molecule has 0 aliphatic carbocycles. The minimum atomic E-state index is 0.471. The Kier molecular flexibility index (Phi) is 9.90. The van der Waals surface area contributed by atoms with Crippen molar-refractivity contribution < 1.29 is 14.2 Å². The number of methoxy groups -OCH3 is 3. The molecule has 7 aromatic rings. The van der Waals surface area contributed by atoms with Gasteiger partial charge in [-0.3, -0.25) is 0 Å². The number of rotatable bonds is 9. The first kappa shape index (κ1) is 34.8. The average molecular weight is 700 g/mol. The predicted molar refractivity (Wildman–Crippen MR) is 213 cm³/mol. The lowest BCUT2D eigenvalue weighted by Gasteiger charge is -2.29. The van der Waals surface area contributed by atoms with Crippen molar-refractivity contribution >= 4 is 0 Å². The SMILES string of the molecule is COc1ccc(-c2c(-c3ccccc3C#N)c(-c3ccc(OC)cc3)c(-c3ccccc3C#N)c(-c3ccc(OC)cc3)c2-c2ccccc2C#N)cc1. The van der Waals surface area contributed by atoms with Gasteiger partial charge in [-0.1, -0.05) is 91.0 Å². The van der Waals surface area contributed by atoms with E-state index in [0.29, 0.717) is 50.6 Å². The van der Waals surface area contributed by atoms with E-state index in [1.54, 1.807) is 21.3 Å². The van der Waals surface area contributed by atoms with Gasteiger partial charge in [0.2, 0.25) is 0 Å². The Morgan fingerprint density at radius 1 is 0.315 bits per heavy atom. The van der Waals surface area contributed by atoms with Gasteiger partial charge in [-0.15, -0.1) is 0 Å². The van der Waals surface area contributed by atoms with E-state index in [0.717, 1.165) is 50.1 Å². The maximum absolute atomic E-state index is 10.7. The highest BCUT2D eigenvalue weighted by Gasteiger charge is 2.31. The maximum atomic E-state index is 10.7. The fourth-order valence-electron chi connectivity index (χ4n) is 7.09. The van der Waals surface area contributed by atoms with Gasteiger partial charge in [-0.2, -0.15) is 15.8 Å². The van der Waals surface area contributed by atoms with Crippen molar-refractivity contribution in [2.24, 2.45) is 0 Å². The molecular weight excluding hydrogens is 667 g/mol. The molecule has 0 aliphatic rings. The summed E-state index contributed by atoms with van der Waals surface area (Å²) in [6.45, 7) is 0. The monoisotopic (exact) mass is 699 g/mol. The second-order valence-electron chi connectivity index (χ2n) is 12.4. The highest BCUT2D eigenvalue weighted by molar-refractivity contribution is 6.16. The number of ether oxygens (including phenoxy) is 3. The van der Waals surface area contributed by atoms with Crippen LogP contribution >= 0.6 is 0 Å². The highest BCUT2D eigenvalue weighted by atomic mass is 16.5. The second-order valence-corrected chi connectivity index (χ2v) is 12.4. The summed E-state index contributed by atoms with van der Waals surface area (Å²) in [6, 6.07) is 53.5. The molecule has 0 amide bonds. The zero-order chi connectivity index (χ0) is 37.6. The number of nitriles is 3. The zero-order valence-electron chi connectivity index (χ0n) is 29.9. The van der Waals surface area contributed by atoms with E-state index in [4.69, 9.17) is 14.2 Å². The molecule has 0 bridgehead atoms. The van der Waals surface area contributed by atoms with Crippen molar-refractivity contribution in [3.05, 3.63) is 162 Å². The Labute approximate surface area is 314 Å². The van der Waals surface area contributed by atoms with Gasteiger partial charge in [-0.25, -0.2) is 0 Å². The summed E-state index contributed by atoms with van der Waals surface area (Å²) in [6.07, 6.45) is 0. The molecule has 0 unspecified atom stereocenters. The summed E-state index contributed by atoms with van der Waals surface area (Å²) in [4.78, 5) is 0. The Bertz CT molecular complexity index is 2310. The van der Waals surface area contributed by atoms with Crippen LogP contribution in [-0.4, -0.2) is 21.3 Å². The lowest BCUT2D eigenvalue weighted by molar-refractivity contribution is 0.415. The Balaban J connectivity index is 1.88. The first-order valence-electron chi connectivity index (χ1n) is 17.2. The van der Waals surface area contributed by atoms with E-state index >= 15 is 0 Å². The molecule has 0 atom stereocenters. The number of nitrogens with zero attached hydrogens (tertiary/aromatic N) is 3. The van der Waals surface area contributed by atoms with Crippen molar-refractivity contribution in [1.82, 2.24) is 0 Å². The minimum absolute atomic E-state index is 0.471. The molecule has 54 heavy (non-hydrogen) atoms. The molecule has 7 aromatic carbocycles. The molecule has 258 valence electrons. The fraction of sp³-hybridized carbons (Fsp3) is 0.0625. The van der Waals surface area contributed by atoms with E-state index in [9.17, 15) is 15.8 Å². The molecule has 6 nitrogen and oxygen atoms in total. The third-order valence-corrected chi connectivity index (χ3v) is 9.59. The van der Waals surface area contributed by atoms with Crippen LogP contribution in [0, 0.1) is 34.0 Å². The summed E-state index contributed by atoms with van der Waals surface area (Å²) in [7, 11) is 4.88. The van der Waals surface area contributed by atoms with Crippen LogP contribution in [0.3, 0.4) is 0 Å². The van der Waals surface area contributed by atoms with E-state index < -0.39 is 0 Å². The van der Waals surface area contributed by atoms with Crippen molar-refractivity contribution in [2.75, 3.05) is 21.3 Å². The standard InChI is InChI=1S/C48H33N3O3/c1-52-37-22-16-31(17-23-37)43-46(40-13-7-4-10-34(40)28-49)44(32-18-24-38(53-2)25-19-32)48(42-15-9-6-12-36(42)30-51)45(33-20-26-39(54-3)27-21-33)47(43)41-14-8-5-11-35(41)29-50/h4-27H,1-3H3. The summed E-state index contributed by atoms with van der Waals surface area (Å²) in [5, 5.41) is 32.0. The van der Waals surface area contributed by atoms with Crippen molar-refractivity contribution in [3.8, 4) is 102 Å². The number of hydrogen-bond acceptors (Lipinski definition) is 6. The van der Waals surface area contributed by atoms with Crippen LogP contribution in [0.1, 0.15) is 16.7 Å². The van der Waals surface area contributed by atoms with Crippen molar-refractivity contribution in [3.63, 3.8) is 0 Å². The third-order valence-electron chi connectivity index (χ3n) is 9.59. The molecule has 0 N–H and O–H groups in total. The van der Waals surface area contributed by atoms with Crippen LogP contribution in [0.5, 0.6) is 17.2 Å². The Morgan fingerprint density at radius 3 is 0.778 bits per heavy atom. The van der Waals surface area contributed by atoms with Gasteiger partial charge in [0.1, 0.15) is 17.2 Å². The molecule has 0 spiro atoms. The van der Waals surface area contributed by atoms with Crippen LogP contribution in [-0.2, 0) is 0 Å². The summed E-state index contributed by atoms with van der Waals surface area (Å²) >= 11 is 0. The lowest BCUT2D eigenvalue weighted by Crippen LogP contribution is -2.04. The maximum Gasteiger partial charge on any atom is 0.118 e. The van der Waals surface area contributed by atoms with Crippen LogP contribution in [0.25, 0.3) is 66.8 Å². The van der Waals surface area contributed by atoms with Crippen molar-refractivity contribution in [2.45, 2.75) is 0 Å². The second kappa shape index (κ2) is 15.3. The van der Waals surface area contributed by atoms with Crippen LogP contribution in [0.2, 0.25) is 0 Å².